The zero-order valence-corrected chi connectivity index (χ0v) is 13.1. The van der Waals surface area contributed by atoms with Crippen molar-refractivity contribution in [1.29, 1.82) is 0 Å². The molecule has 0 unspecified atom stereocenters. The molecule has 0 aliphatic heterocycles. The number of rotatable bonds is 5. The molecule has 0 aromatic heterocycles. The third-order valence-electron chi connectivity index (χ3n) is 2.93. The summed E-state index contributed by atoms with van der Waals surface area (Å²) in [6.45, 7) is 6.20. The van der Waals surface area contributed by atoms with E-state index < -0.39 is 10.9 Å². The van der Waals surface area contributed by atoms with Gasteiger partial charge in [-0.2, -0.15) is 0 Å². The number of methoxy groups -OCH3 is 2. The second kappa shape index (κ2) is 6.67. The van der Waals surface area contributed by atoms with E-state index in [9.17, 15) is 14.9 Å². The number of carbonyl (C=O) groups excluding carboxylic acids is 1. The van der Waals surface area contributed by atoms with Gasteiger partial charge in [0.25, 0.3) is 5.69 Å². The minimum atomic E-state index is -0.604. The lowest BCUT2D eigenvalue weighted by atomic mass is 9.86. The van der Waals surface area contributed by atoms with Crippen LogP contribution in [0.3, 0.4) is 0 Å². The van der Waals surface area contributed by atoms with Gasteiger partial charge in [0.15, 0.2) is 0 Å². The summed E-state index contributed by atoms with van der Waals surface area (Å²) in [5.41, 5.74) is 1.18. The number of benzene rings is 1. The van der Waals surface area contributed by atoms with E-state index in [1.165, 1.54) is 20.3 Å². The molecule has 0 aliphatic carbocycles. The van der Waals surface area contributed by atoms with Gasteiger partial charge in [0.1, 0.15) is 0 Å². The molecule has 1 aromatic carbocycles. The first-order valence-electron chi connectivity index (χ1n) is 6.57. The number of nitro benzene ring substituents is 1. The number of hydrogen-bond donors (Lipinski definition) is 0. The molecule has 6 heteroatoms. The van der Waals surface area contributed by atoms with Crippen molar-refractivity contribution in [2.75, 3.05) is 14.2 Å². The number of hydrogen-bond acceptors (Lipinski definition) is 5. The van der Waals surface area contributed by atoms with Crippen molar-refractivity contribution in [2.45, 2.75) is 33.8 Å². The van der Waals surface area contributed by atoms with Crippen molar-refractivity contribution in [2.24, 2.45) is 5.41 Å². The molecule has 0 aliphatic rings. The van der Waals surface area contributed by atoms with Crippen molar-refractivity contribution in [3.05, 3.63) is 38.9 Å². The second-order valence-electron chi connectivity index (χ2n) is 6.06. The molecule has 0 heterocycles. The lowest BCUT2D eigenvalue weighted by molar-refractivity contribution is -0.385. The summed E-state index contributed by atoms with van der Waals surface area (Å²) in [5, 5.41) is 11.3. The first-order valence-corrected chi connectivity index (χ1v) is 6.57. The molecule has 0 spiro atoms. The highest BCUT2D eigenvalue weighted by molar-refractivity contribution is 5.92. The average Bonchev–Trinajstić information content (AvgIpc) is 2.36. The number of nitrogens with zero attached hydrogens (tertiary/aromatic N) is 1. The van der Waals surface area contributed by atoms with Gasteiger partial charge in [-0.25, -0.2) is 4.79 Å². The SMILES string of the molecule is COCc1cc(CC(C)(C)C)c([N+](=O)[O-])cc1C(=O)OC. The Kier molecular flexibility index (Phi) is 5.43. The van der Waals surface area contributed by atoms with Gasteiger partial charge in [0.2, 0.25) is 0 Å². The lowest BCUT2D eigenvalue weighted by Crippen LogP contribution is -2.14. The van der Waals surface area contributed by atoms with Gasteiger partial charge < -0.3 is 9.47 Å². The summed E-state index contributed by atoms with van der Waals surface area (Å²) >= 11 is 0. The number of ether oxygens (including phenoxy) is 2. The van der Waals surface area contributed by atoms with Crippen LogP contribution in [0.15, 0.2) is 12.1 Å². The molecule has 1 aromatic rings. The fraction of sp³-hybridized carbons (Fsp3) is 0.533. The van der Waals surface area contributed by atoms with Crippen LogP contribution in [0, 0.1) is 15.5 Å². The van der Waals surface area contributed by atoms with Gasteiger partial charge in [0, 0.05) is 18.7 Å². The third kappa shape index (κ3) is 4.53. The molecule has 0 amide bonds. The third-order valence-corrected chi connectivity index (χ3v) is 2.93. The summed E-state index contributed by atoms with van der Waals surface area (Å²) in [4.78, 5) is 22.6. The Morgan fingerprint density at radius 1 is 1.24 bits per heavy atom. The van der Waals surface area contributed by atoms with E-state index in [0.29, 0.717) is 17.5 Å². The molecular formula is C15H21NO5. The first-order chi connectivity index (χ1) is 9.69. The fourth-order valence-electron chi connectivity index (χ4n) is 2.14. The lowest BCUT2D eigenvalue weighted by Gasteiger charge is -2.19. The van der Waals surface area contributed by atoms with Gasteiger partial charge in [-0.3, -0.25) is 10.1 Å². The van der Waals surface area contributed by atoms with Crippen LogP contribution in [0.1, 0.15) is 42.3 Å². The van der Waals surface area contributed by atoms with Crippen LogP contribution in [-0.2, 0) is 22.5 Å². The van der Waals surface area contributed by atoms with E-state index in [-0.39, 0.29) is 23.3 Å². The Morgan fingerprint density at radius 3 is 2.29 bits per heavy atom. The summed E-state index contributed by atoms with van der Waals surface area (Å²) in [6, 6.07) is 2.94. The quantitative estimate of drug-likeness (QED) is 0.474. The Hall–Kier alpha value is -1.95. The predicted octanol–water partition coefficient (Wildman–Crippen LogP) is 3.12. The Balaban J connectivity index is 3.46. The van der Waals surface area contributed by atoms with Gasteiger partial charge in [-0.15, -0.1) is 0 Å². The van der Waals surface area contributed by atoms with Crippen LogP contribution in [0.25, 0.3) is 0 Å². The maximum atomic E-state index is 11.8. The molecule has 0 saturated carbocycles. The van der Waals surface area contributed by atoms with E-state index >= 15 is 0 Å². The average molecular weight is 295 g/mol. The number of esters is 1. The highest BCUT2D eigenvalue weighted by Gasteiger charge is 2.25. The van der Waals surface area contributed by atoms with Crippen LogP contribution in [0.2, 0.25) is 0 Å². The van der Waals surface area contributed by atoms with Crippen LogP contribution in [-0.4, -0.2) is 25.1 Å². The summed E-state index contributed by atoms with van der Waals surface area (Å²) in [6.07, 6.45) is 0.529. The summed E-state index contributed by atoms with van der Waals surface area (Å²) < 4.78 is 9.75. The van der Waals surface area contributed by atoms with Crippen molar-refractivity contribution >= 4 is 11.7 Å². The topological polar surface area (TPSA) is 78.7 Å². The first kappa shape index (κ1) is 17.1. The zero-order chi connectivity index (χ0) is 16.2. The maximum Gasteiger partial charge on any atom is 0.338 e. The van der Waals surface area contributed by atoms with E-state index in [2.05, 4.69) is 4.74 Å². The van der Waals surface area contributed by atoms with E-state index in [1.807, 2.05) is 20.8 Å². The normalized spacial score (nSPS) is 11.3. The van der Waals surface area contributed by atoms with Crippen molar-refractivity contribution in [3.8, 4) is 0 Å². The van der Waals surface area contributed by atoms with Crippen LogP contribution in [0.5, 0.6) is 0 Å². The molecule has 6 nitrogen and oxygen atoms in total. The monoisotopic (exact) mass is 295 g/mol. The Morgan fingerprint density at radius 2 is 1.86 bits per heavy atom. The largest absolute Gasteiger partial charge is 0.465 e. The van der Waals surface area contributed by atoms with Crippen LogP contribution >= 0.6 is 0 Å². The molecule has 0 fully saturated rings. The Labute approximate surface area is 124 Å². The zero-order valence-electron chi connectivity index (χ0n) is 13.1. The predicted molar refractivity (Wildman–Crippen MR) is 78.3 cm³/mol. The Bertz CT molecular complexity index is 546. The standard InChI is InChI=1S/C15H21NO5/c1-15(2,3)8-10-6-11(9-20-4)12(14(17)21-5)7-13(10)16(18)19/h6-7H,8-9H2,1-5H3. The van der Waals surface area contributed by atoms with Crippen molar-refractivity contribution in [3.63, 3.8) is 0 Å². The number of nitro groups is 1. The van der Waals surface area contributed by atoms with E-state index in [4.69, 9.17) is 4.74 Å². The molecular weight excluding hydrogens is 274 g/mol. The fourth-order valence-corrected chi connectivity index (χ4v) is 2.14. The smallest absolute Gasteiger partial charge is 0.338 e. The molecule has 0 N–H and O–H groups in total. The molecule has 0 saturated heterocycles. The van der Waals surface area contributed by atoms with E-state index in [1.54, 1.807) is 6.07 Å². The molecule has 116 valence electrons. The molecule has 0 radical (unpaired) electrons. The maximum absolute atomic E-state index is 11.8. The van der Waals surface area contributed by atoms with Crippen molar-refractivity contribution < 1.29 is 19.2 Å². The number of carbonyl (C=O) groups is 1. The summed E-state index contributed by atoms with van der Waals surface area (Å²) in [7, 11) is 2.75. The minimum Gasteiger partial charge on any atom is -0.465 e. The van der Waals surface area contributed by atoms with Gasteiger partial charge in [-0.1, -0.05) is 20.8 Å². The summed E-state index contributed by atoms with van der Waals surface area (Å²) in [5.74, 6) is -0.604. The van der Waals surface area contributed by atoms with E-state index in [0.717, 1.165) is 0 Å². The molecule has 0 atom stereocenters. The second-order valence-corrected chi connectivity index (χ2v) is 6.06. The molecule has 0 bridgehead atoms. The van der Waals surface area contributed by atoms with Crippen molar-refractivity contribution in [1.82, 2.24) is 0 Å². The van der Waals surface area contributed by atoms with Gasteiger partial charge >= 0.3 is 5.97 Å². The minimum absolute atomic E-state index is 0.0646. The highest BCUT2D eigenvalue weighted by Crippen LogP contribution is 2.30. The van der Waals surface area contributed by atoms with Gasteiger partial charge in [0.05, 0.1) is 24.2 Å². The van der Waals surface area contributed by atoms with Crippen LogP contribution in [0.4, 0.5) is 5.69 Å². The molecule has 1 rings (SSSR count). The van der Waals surface area contributed by atoms with Crippen LogP contribution < -0.4 is 0 Å². The highest BCUT2D eigenvalue weighted by atomic mass is 16.6. The molecule has 21 heavy (non-hydrogen) atoms. The van der Waals surface area contributed by atoms with Gasteiger partial charge in [-0.05, 0) is 23.5 Å².